The molecule has 4 heteroatoms. The summed E-state index contributed by atoms with van der Waals surface area (Å²) in [5.41, 5.74) is -0.888. The van der Waals surface area contributed by atoms with Crippen LogP contribution in [0.5, 0.6) is 0 Å². The van der Waals surface area contributed by atoms with Gasteiger partial charge in [0.1, 0.15) is 0 Å². The molecule has 88 valence electrons. The van der Waals surface area contributed by atoms with Crippen molar-refractivity contribution in [2.24, 2.45) is 11.3 Å². The zero-order valence-electron chi connectivity index (χ0n) is 10.2. The second kappa shape index (κ2) is 5.14. The van der Waals surface area contributed by atoms with Gasteiger partial charge in [-0.1, -0.05) is 13.8 Å². The normalized spacial score (nSPS) is 11.6. The van der Waals surface area contributed by atoms with Crippen LogP contribution in [-0.2, 0) is 9.59 Å². The van der Waals surface area contributed by atoms with E-state index in [0.717, 1.165) is 0 Å². The summed E-state index contributed by atoms with van der Waals surface area (Å²) in [6.07, 6.45) is 0. The Morgan fingerprint density at radius 1 is 1.33 bits per heavy atom. The van der Waals surface area contributed by atoms with E-state index in [9.17, 15) is 9.59 Å². The summed E-state index contributed by atoms with van der Waals surface area (Å²) >= 11 is 0. The minimum absolute atomic E-state index is 0.0713. The first kappa shape index (κ1) is 13.9. The quantitative estimate of drug-likeness (QED) is 0.757. The summed E-state index contributed by atoms with van der Waals surface area (Å²) in [7, 11) is 0. The van der Waals surface area contributed by atoms with E-state index >= 15 is 0 Å². The van der Waals surface area contributed by atoms with Crippen molar-refractivity contribution < 1.29 is 14.7 Å². The van der Waals surface area contributed by atoms with E-state index in [1.165, 1.54) is 6.92 Å². The fraction of sp³-hybridized carbons (Fsp3) is 0.818. The van der Waals surface area contributed by atoms with Gasteiger partial charge in [-0.3, -0.25) is 9.59 Å². The summed E-state index contributed by atoms with van der Waals surface area (Å²) < 4.78 is 0. The molecular formula is C11H21NO3. The summed E-state index contributed by atoms with van der Waals surface area (Å²) in [5.74, 6) is -0.603. The fourth-order valence-corrected chi connectivity index (χ4v) is 1.29. The lowest BCUT2D eigenvalue weighted by molar-refractivity contribution is -0.149. The van der Waals surface area contributed by atoms with Gasteiger partial charge in [-0.25, -0.2) is 0 Å². The molecule has 0 aromatic heterocycles. The van der Waals surface area contributed by atoms with Crippen molar-refractivity contribution in [3.8, 4) is 0 Å². The minimum atomic E-state index is -0.888. The molecule has 0 spiro atoms. The Balaban J connectivity index is 4.54. The smallest absolute Gasteiger partial charge is 0.310 e. The van der Waals surface area contributed by atoms with Gasteiger partial charge < -0.3 is 10.0 Å². The average molecular weight is 215 g/mol. The van der Waals surface area contributed by atoms with Crippen LogP contribution < -0.4 is 0 Å². The monoisotopic (exact) mass is 215 g/mol. The zero-order chi connectivity index (χ0) is 12.2. The van der Waals surface area contributed by atoms with Gasteiger partial charge in [-0.05, 0) is 19.8 Å². The Morgan fingerprint density at radius 3 is 2.07 bits per heavy atom. The Labute approximate surface area is 91.3 Å². The number of carboxylic acids is 1. The van der Waals surface area contributed by atoms with Gasteiger partial charge in [0.25, 0.3) is 0 Å². The van der Waals surface area contributed by atoms with E-state index in [1.54, 1.807) is 18.7 Å². The maximum atomic E-state index is 11.3. The molecule has 1 amide bonds. The second-order valence-electron chi connectivity index (χ2n) is 4.98. The molecule has 0 atom stereocenters. The molecule has 0 rings (SSSR count). The molecule has 0 aromatic rings. The first-order valence-electron chi connectivity index (χ1n) is 5.15. The predicted molar refractivity (Wildman–Crippen MR) is 58.5 cm³/mol. The summed E-state index contributed by atoms with van der Waals surface area (Å²) in [6.45, 7) is 9.60. The number of aliphatic carboxylic acids is 1. The van der Waals surface area contributed by atoms with Crippen LogP contribution in [0.3, 0.4) is 0 Å². The van der Waals surface area contributed by atoms with Crippen LogP contribution in [-0.4, -0.2) is 35.0 Å². The molecule has 0 aliphatic rings. The van der Waals surface area contributed by atoms with Crippen LogP contribution in [0.15, 0.2) is 0 Å². The predicted octanol–water partition coefficient (Wildman–Crippen LogP) is 1.60. The van der Waals surface area contributed by atoms with Crippen LogP contribution in [0.2, 0.25) is 0 Å². The molecule has 0 radical (unpaired) electrons. The highest BCUT2D eigenvalue weighted by Crippen LogP contribution is 2.18. The number of carbonyl (C=O) groups is 2. The van der Waals surface area contributed by atoms with Gasteiger partial charge in [0.05, 0.1) is 5.41 Å². The third kappa shape index (κ3) is 4.81. The van der Waals surface area contributed by atoms with E-state index in [-0.39, 0.29) is 12.5 Å². The number of amides is 1. The minimum Gasteiger partial charge on any atom is -0.481 e. The Bertz CT molecular complexity index is 246. The molecule has 15 heavy (non-hydrogen) atoms. The Morgan fingerprint density at radius 2 is 1.80 bits per heavy atom. The van der Waals surface area contributed by atoms with Crippen LogP contribution in [0, 0.1) is 11.3 Å². The molecule has 0 aliphatic carbocycles. The van der Waals surface area contributed by atoms with E-state index in [1.807, 2.05) is 13.8 Å². The first-order chi connectivity index (χ1) is 6.66. The molecule has 0 aliphatic heterocycles. The number of rotatable bonds is 5. The highest BCUT2D eigenvalue weighted by molar-refractivity contribution is 5.77. The molecule has 0 saturated heterocycles. The molecule has 0 unspecified atom stereocenters. The van der Waals surface area contributed by atoms with Crippen molar-refractivity contribution in [1.82, 2.24) is 4.90 Å². The molecule has 4 nitrogen and oxygen atoms in total. The lowest BCUT2D eigenvalue weighted by atomic mass is 9.92. The van der Waals surface area contributed by atoms with Crippen LogP contribution in [0.4, 0.5) is 0 Å². The lowest BCUT2D eigenvalue weighted by Crippen LogP contribution is -2.43. The van der Waals surface area contributed by atoms with Gasteiger partial charge in [-0.15, -0.1) is 0 Å². The molecule has 0 fully saturated rings. The Hall–Kier alpha value is -1.06. The third-order valence-corrected chi connectivity index (χ3v) is 2.20. The van der Waals surface area contributed by atoms with E-state index in [2.05, 4.69) is 0 Å². The zero-order valence-corrected chi connectivity index (χ0v) is 10.2. The van der Waals surface area contributed by atoms with Gasteiger partial charge >= 0.3 is 5.97 Å². The van der Waals surface area contributed by atoms with E-state index in [4.69, 9.17) is 5.11 Å². The van der Waals surface area contributed by atoms with Crippen LogP contribution in [0.1, 0.15) is 34.6 Å². The fourth-order valence-electron chi connectivity index (χ4n) is 1.29. The van der Waals surface area contributed by atoms with E-state index < -0.39 is 11.4 Å². The first-order valence-corrected chi connectivity index (χ1v) is 5.15. The molecule has 0 bridgehead atoms. The summed E-state index contributed by atoms with van der Waals surface area (Å²) in [5, 5.41) is 8.97. The molecule has 0 aromatic carbocycles. The van der Waals surface area contributed by atoms with Crippen molar-refractivity contribution in [2.45, 2.75) is 34.6 Å². The van der Waals surface area contributed by atoms with Gasteiger partial charge in [-0.2, -0.15) is 0 Å². The SMILES string of the molecule is CC(=O)N(CC(C)C)CC(C)(C)C(=O)O. The highest BCUT2D eigenvalue weighted by Gasteiger charge is 2.30. The molecular weight excluding hydrogens is 194 g/mol. The Kier molecular flexibility index (Phi) is 4.78. The van der Waals surface area contributed by atoms with Gasteiger partial charge in [0.2, 0.25) is 5.91 Å². The number of carboxylic acid groups (broad SMARTS) is 1. The lowest BCUT2D eigenvalue weighted by Gasteiger charge is -2.30. The molecule has 0 heterocycles. The topological polar surface area (TPSA) is 57.6 Å². The third-order valence-electron chi connectivity index (χ3n) is 2.20. The van der Waals surface area contributed by atoms with Crippen molar-refractivity contribution in [3.63, 3.8) is 0 Å². The maximum absolute atomic E-state index is 11.3. The summed E-state index contributed by atoms with van der Waals surface area (Å²) in [4.78, 5) is 23.8. The standard InChI is InChI=1S/C11H21NO3/c1-8(2)6-12(9(3)13)7-11(4,5)10(14)15/h8H,6-7H2,1-5H3,(H,14,15). The maximum Gasteiger partial charge on any atom is 0.310 e. The average Bonchev–Trinajstić information content (AvgIpc) is 2.01. The van der Waals surface area contributed by atoms with E-state index in [0.29, 0.717) is 12.5 Å². The van der Waals surface area contributed by atoms with Crippen LogP contribution in [0.25, 0.3) is 0 Å². The van der Waals surface area contributed by atoms with Gasteiger partial charge in [0, 0.05) is 20.0 Å². The van der Waals surface area contributed by atoms with Gasteiger partial charge in [0.15, 0.2) is 0 Å². The summed E-state index contributed by atoms with van der Waals surface area (Å²) in [6, 6.07) is 0. The van der Waals surface area contributed by atoms with Crippen molar-refractivity contribution in [1.29, 1.82) is 0 Å². The number of hydrogen-bond donors (Lipinski definition) is 1. The second-order valence-corrected chi connectivity index (χ2v) is 4.98. The molecule has 1 N–H and O–H groups in total. The van der Waals surface area contributed by atoms with Crippen molar-refractivity contribution in [3.05, 3.63) is 0 Å². The molecule has 0 saturated carbocycles. The number of nitrogens with zero attached hydrogens (tertiary/aromatic N) is 1. The number of hydrogen-bond acceptors (Lipinski definition) is 2. The van der Waals surface area contributed by atoms with Crippen molar-refractivity contribution >= 4 is 11.9 Å². The highest BCUT2D eigenvalue weighted by atomic mass is 16.4. The number of carbonyl (C=O) groups excluding carboxylic acids is 1. The van der Waals surface area contributed by atoms with Crippen molar-refractivity contribution in [2.75, 3.05) is 13.1 Å². The van der Waals surface area contributed by atoms with Crippen LogP contribution >= 0.6 is 0 Å². The largest absolute Gasteiger partial charge is 0.481 e.